The van der Waals surface area contributed by atoms with Gasteiger partial charge in [0.2, 0.25) is 5.91 Å². The topological polar surface area (TPSA) is 89.8 Å². The number of anilines is 1. The molecule has 3 rings (SSSR count). The van der Waals surface area contributed by atoms with Crippen molar-refractivity contribution >= 4 is 22.6 Å². The summed E-state index contributed by atoms with van der Waals surface area (Å²) < 4.78 is 0. The van der Waals surface area contributed by atoms with E-state index in [9.17, 15) is 9.59 Å². The van der Waals surface area contributed by atoms with Crippen molar-refractivity contribution in [2.24, 2.45) is 5.92 Å². The highest BCUT2D eigenvalue weighted by Crippen LogP contribution is 2.17. The number of hydrogen-bond donors (Lipinski definition) is 4. The van der Waals surface area contributed by atoms with Gasteiger partial charge < -0.3 is 20.6 Å². The minimum Gasteiger partial charge on any atom is -0.326 e. The number of fused-ring (bicyclic) bond motifs is 1. The van der Waals surface area contributed by atoms with Gasteiger partial charge in [-0.25, -0.2) is 4.79 Å². The van der Waals surface area contributed by atoms with Crippen LogP contribution in [-0.2, 0) is 4.79 Å². The molecule has 1 amide bonds. The molecule has 19 heavy (non-hydrogen) atoms. The van der Waals surface area contributed by atoms with E-state index in [1.807, 2.05) is 0 Å². The second-order valence-corrected chi connectivity index (χ2v) is 4.95. The van der Waals surface area contributed by atoms with Gasteiger partial charge in [-0.3, -0.25) is 4.79 Å². The summed E-state index contributed by atoms with van der Waals surface area (Å²) in [6.07, 6.45) is 1.59. The zero-order chi connectivity index (χ0) is 13.2. The van der Waals surface area contributed by atoms with E-state index in [4.69, 9.17) is 0 Å². The number of benzene rings is 1. The summed E-state index contributed by atoms with van der Waals surface area (Å²) in [7, 11) is 0. The van der Waals surface area contributed by atoms with Crippen LogP contribution in [0.4, 0.5) is 5.69 Å². The number of hydrogen-bond acceptors (Lipinski definition) is 3. The van der Waals surface area contributed by atoms with Crippen LogP contribution in [0.15, 0.2) is 23.0 Å². The Morgan fingerprint density at radius 1 is 1.32 bits per heavy atom. The zero-order valence-electron chi connectivity index (χ0n) is 10.5. The summed E-state index contributed by atoms with van der Waals surface area (Å²) in [4.78, 5) is 28.4. The minimum absolute atomic E-state index is 0.0194. The summed E-state index contributed by atoms with van der Waals surface area (Å²) in [5.74, 6) is 0.446. The summed E-state index contributed by atoms with van der Waals surface area (Å²) in [6, 6.07) is 5.33. The molecule has 1 saturated heterocycles. The predicted molar refractivity (Wildman–Crippen MR) is 73.1 cm³/mol. The maximum Gasteiger partial charge on any atom is 0.323 e. The van der Waals surface area contributed by atoms with Gasteiger partial charge in [-0.2, -0.15) is 0 Å². The monoisotopic (exact) mass is 260 g/mol. The molecule has 0 aliphatic carbocycles. The minimum atomic E-state index is -0.240. The van der Waals surface area contributed by atoms with Crippen LogP contribution in [0, 0.1) is 5.92 Å². The van der Waals surface area contributed by atoms with Crippen molar-refractivity contribution < 1.29 is 4.79 Å². The van der Waals surface area contributed by atoms with E-state index in [0.29, 0.717) is 23.5 Å². The van der Waals surface area contributed by atoms with Crippen LogP contribution in [0.2, 0.25) is 0 Å². The second kappa shape index (κ2) is 4.89. The quantitative estimate of drug-likeness (QED) is 0.658. The molecule has 0 radical (unpaired) electrons. The van der Waals surface area contributed by atoms with E-state index in [1.54, 1.807) is 18.2 Å². The molecule has 1 fully saturated rings. The van der Waals surface area contributed by atoms with Gasteiger partial charge >= 0.3 is 5.69 Å². The number of imidazole rings is 1. The Balaban J connectivity index is 1.69. The summed E-state index contributed by atoms with van der Waals surface area (Å²) in [6.45, 7) is 1.91. The molecule has 1 aliphatic heterocycles. The Hall–Kier alpha value is -2.08. The first-order chi connectivity index (χ1) is 9.20. The van der Waals surface area contributed by atoms with Crippen LogP contribution in [0.1, 0.15) is 12.8 Å². The fourth-order valence-corrected chi connectivity index (χ4v) is 2.47. The SMILES string of the molecule is O=C(CC1CCNC1)Nc1ccc2[nH]c(=O)[nH]c2c1. The molecular formula is C13H16N4O2. The fraction of sp³-hybridized carbons (Fsp3) is 0.385. The fourth-order valence-electron chi connectivity index (χ4n) is 2.47. The molecule has 6 heteroatoms. The number of rotatable bonds is 3. The molecule has 1 aromatic carbocycles. The molecule has 6 nitrogen and oxygen atoms in total. The van der Waals surface area contributed by atoms with Gasteiger partial charge in [0.25, 0.3) is 0 Å². The Morgan fingerprint density at radius 3 is 2.95 bits per heavy atom. The van der Waals surface area contributed by atoms with Crippen molar-refractivity contribution in [3.05, 3.63) is 28.7 Å². The Kier molecular flexibility index (Phi) is 3.08. The van der Waals surface area contributed by atoms with Gasteiger partial charge in [-0.1, -0.05) is 0 Å². The lowest BCUT2D eigenvalue weighted by molar-refractivity contribution is -0.116. The number of H-pyrrole nitrogens is 2. The zero-order valence-corrected chi connectivity index (χ0v) is 10.5. The largest absolute Gasteiger partial charge is 0.326 e. The molecule has 1 aliphatic rings. The van der Waals surface area contributed by atoms with Crippen LogP contribution < -0.4 is 16.3 Å². The highest BCUT2D eigenvalue weighted by molar-refractivity contribution is 5.93. The molecule has 2 heterocycles. The van der Waals surface area contributed by atoms with E-state index in [-0.39, 0.29) is 11.6 Å². The molecule has 2 aromatic rings. The van der Waals surface area contributed by atoms with E-state index >= 15 is 0 Å². The van der Waals surface area contributed by atoms with Crippen LogP contribution in [0.25, 0.3) is 11.0 Å². The van der Waals surface area contributed by atoms with Crippen molar-refractivity contribution in [2.45, 2.75) is 12.8 Å². The van der Waals surface area contributed by atoms with E-state index < -0.39 is 0 Å². The molecule has 1 aromatic heterocycles. The third-order valence-electron chi connectivity index (χ3n) is 3.44. The Labute approximate surface area is 109 Å². The first-order valence-electron chi connectivity index (χ1n) is 6.43. The number of nitrogens with one attached hydrogen (secondary N) is 4. The molecule has 1 unspecified atom stereocenters. The molecular weight excluding hydrogens is 244 g/mol. The van der Waals surface area contributed by atoms with Crippen molar-refractivity contribution in [3.63, 3.8) is 0 Å². The van der Waals surface area contributed by atoms with Gasteiger partial charge in [-0.05, 0) is 43.6 Å². The van der Waals surface area contributed by atoms with E-state index in [0.717, 1.165) is 25.0 Å². The molecule has 1 atom stereocenters. The number of aromatic amines is 2. The normalized spacial score (nSPS) is 18.8. The summed E-state index contributed by atoms with van der Waals surface area (Å²) >= 11 is 0. The predicted octanol–water partition coefficient (Wildman–Crippen LogP) is 0.794. The van der Waals surface area contributed by atoms with Crippen molar-refractivity contribution in [1.82, 2.24) is 15.3 Å². The first kappa shape index (κ1) is 12.0. The van der Waals surface area contributed by atoms with Crippen LogP contribution in [0.5, 0.6) is 0 Å². The number of carbonyl (C=O) groups excluding carboxylic acids is 1. The van der Waals surface area contributed by atoms with Gasteiger partial charge in [0, 0.05) is 12.1 Å². The lowest BCUT2D eigenvalue weighted by Gasteiger charge is -2.09. The third kappa shape index (κ3) is 2.68. The van der Waals surface area contributed by atoms with Crippen LogP contribution >= 0.6 is 0 Å². The summed E-state index contributed by atoms with van der Waals surface area (Å²) in [5.41, 5.74) is 1.91. The van der Waals surface area contributed by atoms with E-state index in [1.165, 1.54) is 0 Å². The average Bonchev–Trinajstić information content (AvgIpc) is 2.96. The molecule has 4 N–H and O–H groups in total. The Morgan fingerprint density at radius 2 is 2.16 bits per heavy atom. The van der Waals surface area contributed by atoms with Crippen LogP contribution in [-0.4, -0.2) is 29.0 Å². The number of aromatic nitrogens is 2. The summed E-state index contributed by atoms with van der Waals surface area (Å²) in [5, 5.41) is 6.11. The highest BCUT2D eigenvalue weighted by atomic mass is 16.1. The Bertz CT molecular complexity index is 652. The molecule has 0 bridgehead atoms. The maximum absolute atomic E-state index is 11.9. The van der Waals surface area contributed by atoms with Crippen LogP contribution in [0.3, 0.4) is 0 Å². The maximum atomic E-state index is 11.9. The molecule has 100 valence electrons. The van der Waals surface area contributed by atoms with Gasteiger partial charge in [0.05, 0.1) is 11.0 Å². The number of amides is 1. The van der Waals surface area contributed by atoms with Gasteiger partial charge in [0.15, 0.2) is 0 Å². The number of carbonyl (C=O) groups is 1. The van der Waals surface area contributed by atoms with Crippen molar-refractivity contribution in [2.75, 3.05) is 18.4 Å². The lowest BCUT2D eigenvalue weighted by atomic mass is 10.0. The molecule has 0 saturated carbocycles. The standard InChI is InChI=1S/C13H16N4O2/c18-12(5-8-3-4-14-7-8)15-9-1-2-10-11(6-9)17-13(19)16-10/h1-2,6,8,14H,3-5,7H2,(H,15,18)(H2,16,17,19). The molecule has 0 spiro atoms. The third-order valence-corrected chi connectivity index (χ3v) is 3.44. The average molecular weight is 260 g/mol. The lowest BCUT2D eigenvalue weighted by Crippen LogP contribution is -2.18. The van der Waals surface area contributed by atoms with Gasteiger partial charge in [0.1, 0.15) is 0 Å². The highest BCUT2D eigenvalue weighted by Gasteiger charge is 2.18. The second-order valence-electron chi connectivity index (χ2n) is 4.95. The van der Waals surface area contributed by atoms with Crippen molar-refractivity contribution in [1.29, 1.82) is 0 Å². The smallest absolute Gasteiger partial charge is 0.323 e. The van der Waals surface area contributed by atoms with Crippen molar-refractivity contribution in [3.8, 4) is 0 Å². The van der Waals surface area contributed by atoms with E-state index in [2.05, 4.69) is 20.6 Å². The van der Waals surface area contributed by atoms with Gasteiger partial charge in [-0.15, -0.1) is 0 Å². The first-order valence-corrected chi connectivity index (χ1v) is 6.43.